The van der Waals surface area contributed by atoms with Crippen molar-refractivity contribution >= 4 is 6.09 Å². The Labute approximate surface area is 117 Å². The van der Waals surface area contributed by atoms with Gasteiger partial charge in [-0.05, 0) is 53.1 Å². The number of ether oxygens (including phenoxy) is 1. The Morgan fingerprint density at radius 2 is 1.63 bits per heavy atom. The summed E-state index contributed by atoms with van der Waals surface area (Å²) in [6.45, 7) is 8.38. The molecule has 0 aliphatic heterocycles. The zero-order valence-electron chi connectivity index (χ0n) is 12.6. The van der Waals surface area contributed by atoms with Crippen LogP contribution in [0, 0.1) is 0 Å². The Bertz CT molecular complexity index is 227. The molecule has 0 rings (SSSR count). The monoisotopic (exact) mass is 274 g/mol. The lowest BCUT2D eigenvalue weighted by atomic mass is 10.2. The SMILES string of the molecule is CC(C)(C)OC(=O)NCCCNCCCCCCO. The molecular formula is C14H30N2O3. The first-order valence-corrected chi connectivity index (χ1v) is 7.24. The van der Waals surface area contributed by atoms with Gasteiger partial charge >= 0.3 is 6.09 Å². The van der Waals surface area contributed by atoms with E-state index in [1.54, 1.807) is 0 Å². The van der Waals surface area contributed by atoms with Crippen molar-refractivity contribution in [2.45, 2.75) is 58.5 Å². The topological polar surface area (TPSA) is 70.6 Å². The van der Waals surface area contributed by atoms with Crippen LogP contribution in [0.1, 0.15) is 52.9 Å². The van der Waals surface area contributed by atoms with Gasteiger partial charge in [-0.2, -0.15) is 0 Å². The molecule has 0 aromatic heterocycles. The summed E-state index contributed by atoms with van der Waals surface area (Å²) in [6.07, 6.45) is 4.84. The number of carbonyl (C=O) groups excluding carboxylic acids is 1. The number of unbranched alkanes of at least 4 members (excludes halogenated alkanes) is 3. The molecule has 5 nitrogen and oxygen atoms in total. The van der Waals surface area contributed by atoms with Crippen molar-refractivity contribution in [3.63, 3.8) is 0 Å². The molecular weight excluding hydrogens is 244 g/mol. The van der Waals surface area contributed by atoms with Crippen LogP contribution in [0.5, 0.6) is 0 Å². The van der Waals surface area contributed by atoms with Crippen molar-refractivity contribution in [1.29, 1.82) is 0 Å². The van der Waals surface area contributed by atoms with Crippen LogP contribution in [0.4, 0.5) is 4.79 Å². The summed E-state index contributed by atoms with van der Waals surface area (Å²) in [6, 6.07) is 0. The fourth-order valence-electron chi connectivity index (χ4n) is 1.56. The quantitative estimate of drug-likeness (QED) is 0.533. The van der Waals surface area contributed by atoms with Crippen molar-refractivity contribution in [2.75, 3.05) is 26.2 Å². The molecule has 0 unspecified atom stereocenters. The van der Waals surface area contributed by atoms with Gasteiger partial charge in [0.25, 0.3) is 0 Å². The van der Waals surface area contributed by atoms with Crippen molar-refractivity contribution in [2.24, 2.45) is 0 Å². The fourth-order valence-corrected chi connectivity index (χ4v) is 1.56. The lowest BCUT2D eigenvalue weighted by Gasteiger charge is -2.19. The van der Waals surface area contributed by atoms with Crippen molar-refractivity contribution in [1.82, 2.24) is 10.6 Å². The lowest BCUT2D eigenvalue weighted by Crippen LogP contribution is -2.34. The highest BCUT2D eigenvalue weighted by Gasteiger charge is 2.15. The highest BCUT2D eigenvalue weighted by molar-refractivity contribution is 5.67. The van der Waals surface area contributed by atoms with E-state index < -0.39 is 5.60 Å². The summed E-state index contributed by atoms with van der Waals surface area (Å²) in [5, 5.41) is 14.7. The molecule has 19 heavy (non-hydrogen) atoms. The van der Waals surface area contributed by atoms with Crippen LogP contribution >= 0.6 is 0 Å². The maximum Gasteiger partial charge on any atom is 0.407 e. The molecule has 0 spiro atoms. The maximum atomic E-state index is 11.3. The van der Waals surface area contributed by atoms with Gasteiger partial charge < -0.3 is 20.5 Å². The second-order valence-electron chi connectivity index (χ2n) is 5.67. The molecule has 0 heterocycles. The average molecular weight is 274 g/mol. The minimum absolute atomic E-state index is 0.295. The Hall–Kier alpha value is -0.810. The largest absolute Gasteiger partial charge is 0.444 e. The first kappa shape index (κ1) is 18.2. The Morgan fingerprint density at radius 1 is 1.00 bits per heavy atom. The van der Waals surface area contributed by atoms with Gasteiger partial charge in [0.05, 0.1) is 0 Å². The van der Waals surface area contributed by atoms with Gasteiger partial charge in [-0.25, -0.2) is 4.79 Å². The number of alkyl carbamates (subject to hydrolysis) is 1. The molecule has 0 saturated carbocycles. The molecule has 0 atom stereocenters. The third-order valence-electron chi connectivity index (χ3n) is 2.46. The summed E-state index contributed by atoms with van der Waals surface area (Å²) < 4.78 is 5.13. The second-order valence-corrected chi connectivity index (χ2v) is 5.67. The normalized spacial score (nSPS) is 11.4. The first-order valence-electron chi connectivity index (χ1n) is 7.24. The van der Waals surface area contributed by atoms with Crippen molar-refractivity contribution in [3.05, 3.63) is 0 Å². The van der Waals surface area contributed by atoms with Gasteiger partial charge in [-0.3, -0.25) is 0 Å². The first-order chi connectivity index (χ1) is 8.95. The van der Waals surface area contributed by atoms with Crippen molar-refractivity contribution in [3.8, 4) is 0 Å². The van der Waals surface area contributed by atoms with Gasteiger partial charge in [0.1, 0.15) is 5.60 Å². The molecule has 5 heteroatoms. The minimum atomic E-state index is -0.434. The average Bonchev–Trinajstić information content (AvgIpc) is 2.29. The molecule has 0 fully saturated rings. The number of carbonyl (C=O) groups is 1. The van der Waals surface area contributed by atoms with Crippen LogP contribution in [-0.2, 0) is 4.74 Å². The van der Waals surface area contributed by atoms with E-state index in [1.165, 1.54) is 0 Å². The van der Waals surface area contributed by atoms with Crippen LogP contribution < -0.4 is 10.6 Å². The smallest absolute Gasteiger partial charge is 0.407 e. The maximum absolute atomic E-state index is 11.3. The molecule has 0 aliphatic carbocycles. The Morgan fingerprint density at radius 3 is 2.26 bits per heavy atom. The van der Waals surface area contributed by atoms with E-state index in [-0.39, 0.29) is 6.09 Å². The molecule has 0 bridgehead atoms. The Balaban J connectivity index is 3.21. The molecule has 0 aromatic carbocycles. The zero-order valence-corrected chi connectivity index (χ0v) is 12.6. The molecule has 1 amide bonds. The number of nitrogens with one attached hydrogen (secondary N) is 2. The van der Waals surface area contributed by atoms with Gasteiger partial charge in [-0.1, -0.05) is 12.8 Å². The van der Waals surface area contributed by atoms with Gasteiger partial charge in [0.15, 0.2) is 0 Å². The van der Waals surface area contributed by atoms with Crippen LogP contribution in [0.2, 0.25) is 0 Å². The fraction of sp³-hybridized carbons (Fsp3) is 0.929. The third-order valence-corrected chi connectivity index (χ3v) is 2.46. The predicted molar refractivity (Wildman–Crippen MR) is 77.3 cm³/mol. The lowest BCUT2D eigenvalue weighted by molar-refractivity contribution is 0.0527. The van der Waals surface area contributed by atoms with E-state index in [9.17, 15) is 4.79 Å². The number of amides is 1. The van der Waals surface area contributed by atoms with E-state index in [4.69, 9.17) is 9.84 Å². The van der Waals surface area contributed by atoms with E-state index >= 15 is 0 Å². The standard InChI is InChI=1S/C14H30N2O3/c1-14(2,3)19-13(18)16-11-8-10-15-9-6-4-5-7-12-17/h15,17H,4-12H2,1-3H3,(H,16,18). The summed E-state index contributed by atoms with van der Waals surface area (Å²) in [5.74, 6) is 0. The molecule has 114 valence electrons. The zero-order chi connectivity index (χ0) is 14.6. The Kier molecular flexibility index (Phi) is 10.6. The number of aliphatic hydroxyl groups is 1. The number of aliphatic hydroxyl groups excluding tert-OH is 1. The molecule has 0 aromatic rings. The van der Waals surface area contributed by atoms with E-state index in [0.29, 0.717) is 13.2 Å². The van der Waals surface area contributed by atoms with E-state index in [2.05, 4.69) is 10.6 Å². The van der Waals surface area contributed by atoms with Gasteiger partial charge in [-0.15, -0.1) is 0 Å². The molecule has 0 radical (unpaired) electrons. The van der Waals surface area contributed by atoms with Gasteiger partial charge in [0.2, 0.25) is 0 Å². The number of hydrogen-bond donors (Lipinski definition) is 3. The van der Waals surface area contributed by atoms with Gasteiger partial charge in [0, 0.05) is 13.2 Å². The molecule has 3 N–H and O–H groups in total. The summed E-state index contributed by atoms with van der Waals surface area (Å²) in [4.78, 5) is 11.3. The minimum Gasteiger partial charge on any atom is -0.444 e. The van der Waals surface area contributed by atoms with Crippen LogP contribution in [-0.4, -0.2) is 43.0 Å². The highest BCUT2D eigenvalue weighted by atomic mass is 16.6. The third kappa shape index (κ3) is 15.1. The predicted octanol–water partition coefficient (Wildman–Crippen LogP) is 2.04. The van der Waals surface area contributed by atoms with Crippen LogP contribution in [0.15, 0.2) is 0 Å². The number of rotatable bonds is 10. The summed E-state index contributed by atoms with van der Waals surface area (Å²) >= 11 is 0. The molecule has 0 aliphatic rings. The summed E-state index contributed by atoms with van der Waals surface area (Å²) in [5.41, 5.74) is -0.434. The molecule has 0 saturated heterocycles. The van der Waals surface area contributed by atoms with Crippen molar-refractivity contribution < 1.29 is 14.6 Å². The van der Waals surface area contributed by atoms with E-state index in [1.807, 2.05) is 20.8 Å². The summed E-state index contributed by atoms with van der Waals surface area (Å²) in [7, 11) is 0. The highest BCUT2D eigenvalue weighted by Crippen LogP contribution is 2.06. The van der Waals surface area contributed by atoms with Crippen LogP contribution in [0.3, 0.4) is 0 Å². The second kappa shape index (κ2) is 11.1. The van der Waals surface area contributed by atoms with E-state index in [0.717, 1.165) is 45.2 Å². The van der Waals surface area contributed by atoms with Crippen LogP contribution in [0.25, 0.3) is 0 Å². The number of hydrogen-bond acceptors (Lipinski definition) is 4.